The molecule has 1 heterocycles. The van der Waals surface area contributed by atoms with Gasteiger partial charge in [-0.1, -0.05) is 39.0 Å². The fraction of sp³-hybridized carbons (Fsp3) is 0.429. The number of fused-ring (bicyclic) bond motifs is 1. The maximum Gasteiger partial charge on any atom is 0.237 e. The molecule has 1 N–H and O–H groups in total. The first-order valence-electron chi connectivity index (χ1n) is 5.87. The first-order valence-corrected chi connectivity index (χ1v) is 5.87. The molecule has 0 aromatic heterocycles. The summed E-state index contributed by atoms with van der Waals surface area (Å²) in [6, 6.07) is 7.77. The summed E-state index contributed by atoms with van der Waals surface area (Å²) in [5.41, 5.74) is 2.09. The molecule has 0 radical (unpaired) electrons. The molecular formula is C14H18N2O. The summed E-state index contributed by atoms with van der Waals surface area (Å²) < 4.78 is 0. The van der Waals surface area contributed by atoms with E-state index in [1.165, 1.54) is 0 Å². The number of amides is 1. The second kappa shape index (κ2) is 4.32. The van der Waals surface area contributed by atoms with E-state index < -0.39 is 0 Å². The van der Waals surface area contributed by atoms with Crippen LogP contribution in [-0.4, -0.2) is 18.7 Å². The minimum absolute atomic E-state index is 0.0175. The van der Waals surface area contributed by atoms with Gasteiger partial charge in [0, 0.05) is 18.4 Å². The van der Waals surface area contributed by atoms with E-state index in [-0.39, 0.29) is 17.2 Å². The van der Waals surface area contributed by atoms with Crippen LogP contribution in [0.4, 0.5) is 5.69 Å². The molecule has 0 saturated heterocycles. The smallest absolute Gasteiger partial charge is 0.237 e. The Morgan fingerprint density at radius 1 is 1.35 bits per heavy atom. The normalized spacial score (nSPS) is 19.5. The zero-order valence-corrected chi connectivity index (χ0v) is 10.5. The number of nitrogens with zero attached hydrogens (tertiary/aromatic N) is 1. The van der Waals surface area contributed by atoms with Gasteiger partial charge in [-0.15, -0.1) is 0 Å². The van der Waals surface area contributed by atoms with E-state index in [4.69, 9.17) is 0 Å². The molecular weight excluding hydrogens is 212 g/mol. The van der Waals surface area contributed by atoms with Crippen LogP contribution >= 0.6 is 0 Å². The summed E-state index contributed by atoms with van der Waals surface area (Å²) in [6.45, 7) is 7.13. The quantitative estimate of drug-likeness (QED) is 0.780. The molecule has 1 aliphatic rings. The Kier molecular flexibility index (Phi) is 3.01. The third kappa shape index (κ3) is 2.73. The van der Waals surface area contributed by atoms with E-state index in [9.17, 15) is 4.79 Å². The van der Waals surface area contributed by atoms with Crippen LogP contribution in [-0.2, 0) is 4.79 Å². The molecule has 1 aromatic carbocycles. The summed E-state index contributed by atoms with van der Waals surface area (Å²) in [5.74, 6) is -0.211. The van der Waals surface area contributed by atoms with Crippen LogP contribution in [0.15, 0.2) is 29.3 Å². The predicted molar refractivity (Wildman–Crippen MR) is 70.6 cm³/mol. The Balaban J connectivity index is 2.15. The zero-order valence-electron chi connectivity index (χ0n) is 10.5. The summed E-state index contributed by atoms with van der Waals surface area (Å²) in [7, 11) is 0. The van der Waals surface area contributed by atoms with Crippen LogP contribution in [0, 0.1) is 5.41 Å². The van der Waals surface area contributed by atoms with Gasteiger partial charge in [0.05, 0.1) is 0 Å². The van der Waals surface area contributed by atoms with Crippen molar-refractivity contribution in [3.63, 3.8) is 0 Å². The fourth-order valence-corrected chi connectivity index (χ4v) is 1.81. The van der Waals surface area contributed by atoms with Gasteiger partial charge in [-0.05, 0) is 17.0 Å². The van der Waals surface area contributed by atoms with E-state index in [1.807, 2.05) is 24.3 Å². The summed E-state index contributed by atoms with van der Waals surface area (Å²) in [6.07, 6.45) is 1.77. The predicted octanol–water partition coefficient (Wildman–Crippen LogP) is 2.84. The monoisotopic (exact) mass is 230 g/mol. The van der Waals surface area contributed by atoms with Crippen molar-refractivity contribution in [2.75, 3.05) is 11.9 Å². The Hall–Kier alpha value is -1.64. The molecule has 3 nitrogen and oxygen atoms in total. The number of benzene rings is 1. The molecule has 1 atom stereocenters. The van der Waals surface area contributed by atoms with Crippen molar-refractivity contribution in [1.29, 1.82) is 0 Å². The molecule has 0 spiro atoms. The first kappa shape index (κ1) is 11.8. The van der Waals surface area contributed by atoms with E-state index in [0.717, 1.165) is 17.8 Å². The highest BCUT2D eigenvalue weighted by molar-refractivity contribution is 6.12. The SMILES string of the molecule is CC(C)(C)CN=CC1C(=O)Nc2ccccc21. The number of para-hydroxylation sites is 1. The van der Waals surface area contributed by atoms with Gasteiger partial charge in [-0.25, -0.2) is 0 Å². The second-order valence-electron chi connectivity index (χ2n) is 5.60. The van der Waals surface area contributed by atoms with Crippen molar-refractivity contribution in [2.45, 2.75) is 26.7 Å². The molecule has 0 saturated carbocycles. The lowest BCUT2D eigenvalue weighted by Crippen LogP contribution is -2.15. The van der Waals surface area contributed by atoms with Gasteiger partial charge in [0.25, 0.3) is 0 Å². The van der Waals surface area contributed by atoms with Crippen LogP contribution < -0.4 is 5.32 Å². The Morgan fingerprint density at radius 2 is 2.06 bits per heavy atom. The molecule has 1 unspecified atom stereocenters. The minimum atomic E-state index is -0.228. The molecule has 0 fully saturated rings. The molecule has 1 aliphatic heterocycles. The lowest BCUT2D eigenvalue weighted by atomic mass is 9.97. The van der Waals surface area contributed by atoms with Crippen LogP contribution in [0.2, 0.25) is 0 Å². The van der Waals surface area contributed by atoms with Gasteiger partial charge in [0.2, 0.25) is 5.91 Å². The number of carbonyl (C=O) groups excluding carboxylic acids is 1. The third-order valence-corrected chi connectivity index (χ3v) is 2.66. The van der Waals surface area contributed by atoms with Gasteiger partial charge in [0.15, 0.2) is 0 Å². The topological polar surface area (TPSA) is 41.5 Å². The van der Waals surface area contributed by atoms with Crippen LogP contribution in [0.1, 0.15) is 32.3 Å². The van der Waals surface area contributed by atoms with Crippen molar-refractivity contribution in [3.8, 4) is 0 Å². The summed E-state index contributed by atoms with van der Waals surface area (Å²) in [5, 5.41) is 2.86. The van der Waals surface area contributed by atoms with Crippen molar-refractivity contribution in [1.82, 2.24) is 0 Å². The molecule has 1 amide bonds. The standard InChI is InChI=1S/C14H18N2O/c1-14(2,3)9-15-8-11-10-6-4-5-7-12(10)16-13(11)17/h4-8,11H,9H2,1-3H3,(H,16,17). The van der Waals surface area contributed by atoms with Gasteiger partial charge in [-0.3, -0.25) is 9.79 Å². The number of nitrogens with one attached hydrogen (secondary N) is 1. The number of hydrogen-bond donors (Lipinski definition) is 1. The molecule has 2 rings (SSSR count). The van der Waals surface area contributed by atoms with Crippen LogP contribution in [0.25, 0.3) is 0 Å². The summed E-state index contributed by atoms with van der Waals surface area (Å²) in [4.78, 5) is 16.2. The Morgan fingerprint density at radius 3 is 2.76 bits per heavy atom. The second-order valence-corrected chi connectivity index (χ2v) is 5.60. The highest BCUT2D eigenvalue weighted by Gasteiger charge is 2.28. The zero-order chi connectivity index (χ0) is 12.5. The van der Waals surface area contributed by atoms with E-state index >= 15 is 0 Å². The lowest BCUT2D eigenvalue weighted by molar-refractivity contribution is -0.115. The Labute approximate surface area is 102 Å². The van der Waals surface area contributed by atoms with Gasteiger partial charge in [0.1, 0.15) is 5.92 Å². The molecule has 17 heavy (non-hydrogen) atoms. The van der Waals surface area contributed by atoms with Crippen molar-refractivity contribution in [2.24, 2.45) is 10.4 Å². The van der Waals surface area contributed by atoms with E-state index in [2.05, 4.69) is 31.1 Å². The number of anilines is 1. The highest BCUT2D eigenvalue weighted by atomic mass is 16.2. The molecule has 1 aromatic rings. The highest BCUT2D eigenvalue weighted by Crippen LogP contribution is 2.30. The minimum Gasteiger partial charge on any atom is -0.325 e. The first-order chi connectivity index (χ1) is 7.97. The maximum atomic E-state index is 11.8. The van der Waals surface area contributed by atoms with Crippen LogP contribution in [0.5, 0.6) is 0 Å². The average Bonchev–Trinajstić information content (AvgIpc) is 2.54. The summed E-state index contributed by atoms with van der Waals surface area (Å²) >= 11 is 0. The van der Waals surface area contributed by atoms with Crippen molar-refractivity contribution in [3.05, 3.63) is 29.8 Å². The Bertz CT molecular complexity index is 458. The number of aliphatic imine (C=N–C) groups is 1. The fourth-order valence-electron chi connectivity index (χ4n) is 1.81. The largest absolute Gasteiger partial charge is 0.325 e. The van der Waals surface area contributed by atoms with Gasteiger partial charge in [-0.2, -0.15) is 0 Å². The molecule has 3 heteroatoms. The average molecular weight is 230 g/mol. The number of carbonyl (C=O) groups is 1. The third-order valence-electron chi connectivity index (χ3n) is 2.66. The van der Waals surface area contributed by atoms with Gasteiger partial charge < -0.3 is 5.32 Å². The lowest BCUT2D eigenvalue weighted by Gasteiger charge is -2.14. The molecule has 90 valence electrons. The molecule has 0 aliphatic carbocycles. The van der Waals surface area contributed by atoms with E-state index in [0.29, 0.717) is 0 Å². The van der Waals surface area contributed by atoms with Crippen molar-refractivity contribution < 1.29 is 4.79 Å². The van der Waals surface area contributed by atoms with Gasteiger partial charge >= 0.3 is 0 Å². The van der Waals surface area contributed by atoms with Crippen LogP contribution in [0.3, 0.4) is 0 Å². The van der Waals surface area contributed by atoms with E-state index in [1.54, 1.807) is 6.21 Å². The molecule has 0 bridgehead atoms. The number of hydrogen-bond acceptors (Lipinski definition) is 2. The number of rotatable bonds is 2. The maximum absolute atomic E-state index is 11.8. The van der Waals surface area contributed by atoms with Crippen molar-refractivity contribution >= 4 is 17.8 Å².